The van der Waals surface area contributed by atoms with Crippen LogP contribution in [0.1, 0.15) is 30.0 Å². The summed E-state index contributed by atoms with van der Waals surface area (Å²) in [5.41, 5.74) is 9.98. The molecule has 0 spiro atoms. The van der Waals surface area contributed by atoms with Gasteiger partial charge in [0.25, 0.3) is 0 Å². The normalized spacial score (nSPS) is 17.2. The fourth-order valence-corrected chi connectivity index (χ4v) is 1.97. The van der Waals surface area contributed by atoms with Crippen molar-refractivity contribution < 1.29 is 4.74 Å². The predicted octanol–water partition coefficient (Wildman–Crippen LogP) is 2.04. The molecule has 2 heteroatoms. The highest BCUT2D eigenvalue weighted by Gasteiger charge is 2.09. The largest absolute Gasteiger partial charge is 0.376 e. The molecule has 82 valence electrons. The van der Waals surface area contributed by atoms with E-state index in [2.05, 4.69) is 25.1 Å². The summed E-state index contributed by atoms with van der Waals surface area (Å²) in [6, 6.07) is 7.02. The second-order valence-electron chi connectivity index (χ2n) is 4.42. The van der Waals surface area contributed by atoms with E-state index in [1.807, 2.05) is 0 Å². The summed E-state index contributed by atoms with van der Waals surface area (Å²) in [5.74, 6) is 0. The third-order valence-electron chi connectivity index (χ3n) is 2.93. The number of fused-ring (bicyclic) bond motifs is 1. The molecule has 0 aromatic heterocycles. The topological polar surface area (TPSA) is 35.2 Å². The minimum absolute atomic E-state index is 0.296. The van der Waals surface area contributed by atoms with Crippen molar-refractivity contribution in [2.45, 2.75) is 38.8 Å². The van der Waals surface area contributed by atoms with Gasteiger partial charge in [0.05, 0.1) is 13.2 Å². The van der Waals surface area contributed by atoms with E-state index in [0.29, 0.717) is 6.04 Å². The molecule has 0 saturated carbocycles. The second-order valence-corrected chi connectivity index (χ2v) is 4.42. The van der Waals surface area contributed by atoms with E-state index < -0.39 is 0 Å². The van der Waals surface area contributed by atoms with Gasteiger partial charge in [-0.3, -0.25) is 0 Å². The maximum absolute atomic E-state index is 5.76. The number of rotatable bonds is 3. The summed E-state index contributed by atoms with van der Waals surface area (Å²) in [4.78, 5) is 0. The van der Waals surface area contributed by atoms with Crippen molar-refractivity contribution in [1.29, 1.82) is 0 Å². The van der Waals surface area contributed by atoms with E-state index in [-0.39, 0.29) is 0 Å². The van der Waals surface area contributed by atoms with Crippen LogP contribution in [0.25, 0.3) is 0 Å². The van der Waals surface area contributed by atoms with Crippen LogP contribution >= 0.6 is 0 Å². The zero-order chi connectivity index (χ0) is 10.7. The van der Waals surface area contributed by atoms with Crippen LogP contribution in [0, 0.1) is 0 Å². The van der Waals surface area contributed by atoms with Crippen LogP contribution in [0.4, 0.5) is 0 Å². The fraction of sp³-hybridized carbons (Fsp3) is 0.538. The molecule has 0 aliphatic carbocycles. The quantitative estimate of drug-likeness (QED) is 0.819. The molecule has 0 radical (unpaired) electrons. The van der Waals surface area contributed by atoms with Gasteiger partial charge in [0, 0.05) is 6.04 Å². The molecule has 0 amide bonds. The molecule has 0 unspecified atom stereocenters. The number of hydrogen-bond acceptors (Lipinski definition) is 2. The van der Waals surface area contributed by atoms with Crippen molar-refractivity contribution in [3.8, 4) is 0 Å². The highest BCUT2D eigenvalue weighted by atomic mass is 16.5. The Bertz CT molecular complexity index is 333. The standard InChI is InChI=1S/C13H19NO/c1-10(14)2-3-11-4-5-13-9-15-7-6-12(13)8-11/h4-5,8,10H,2-3,6-7,9,14H2,1H3/t10-/m0/s1. The summed E-state index contributed by atoms with van der Waals surface area (Å²) in [7, 11) is 0. The van der Waals surface area contributed by atoms with E-state index in [4.69, 9.17) is 10.5 Å². The second kappa shape index (κ2) is 4.77. The van der Waals surface area contributed by atoms with E-state index in [1.165, 1.54) is 16.7 Å². The third-order valence-corrected chi connectivity index (χ3v) is 2.93. The van der Waals surface area contributed by atoms with E-state index in [9.17, 15) is 0 Å². The number of nitrogens with two attached hydrogens (primary N) is 1. The predicted molar refractivity (Wildman–Crippen MR) is 61.8 cm³/mol. The maximum atomic E-state index is 5.76. The average molecular weight is 205 g/mol. The first kappa shape index (κ1) is 10.7. The summed E-state index contributed by atoms with van der Waals surface area (Å²) in [5, 5.41) is 0. The first-order valence-corrected chi connectivity index (χ1v) is 5.69. The van der Waals surface area contributed by atoms with Crippen LogP contribution < -0.4 is 5.73 Å². The zero-order valence-corrected chi connectivity index (χ0v) is 9.33. The summed E-state index contributed by atoms with van der Waals surface area (Å²) < 4.78 is 5.41. The van der Waals surface area contributed by atoms with E-state index in [0.717, 1.165) is 32.5 Å². The Morgan fingerprint density at radius 2 is 2.27 bits per heavy atom. The summed E-state index contributed by atoms with van der Waals surface area (Å²) >= 11 is 0. The third kappa shape index (κ3) is 2.80. The smallest absolute Gasteiger partial charge is 0.0719 e. The Labute approximate surface area is 91.4 Å². The fourth-order valence-electron chi connectivity index (χ4n) is 1.97. The molecule has 0 saturated heterocycles. The SMILES string of the molecule is C[C@H](N)CCc1ccc2c(c1)CCOC2. The lowest BCUT2D eigenvalue weighted by Crippen LogP contribution is -2.15. The molecule has 2 N–H and O–H groups in total. The molecule has 0 bridgehead atoms. The van der Waals surface area contributed by atoms with Crippen molar-refractivity contribution >= 4 is 0 Å². The van der Waals surface area contributed by atoms with Crippen molar-refractivity contribution in [1.82, 2.24) is 0 Å². The Morgan fingerprint density at radius 3 is 3.07 bits per heavy atom. The van der Waals surface area contributed by atoms with Gasteiger partial charge < -0.3 is 10.5 Å². The van der Waals surface area contributed by atoms with Gasteiger partial charge >= 0.3 is 0 Å². The van der Waals surface area contributed by atoms with Crippen LogP contribution in [0.15, 0.2) is 18.2 Å². The molecule has 0 fully saturated rings. The number of hydrogen-bond donors (Lipinski definition) is 1. The molecule has 2 nitrogen and oxygen atoms in total. The lowest BCUT2D eigenvalue weighted by Gasteiger charge is -2.17. The maximum Gasteiger partial charge on any atom is 0.0719 e. The van der Waals surface area contributed by atoms with Crippen LogP contribution in [-0.2, 0) is 24.2 Å². The molecule has 1 aromatic rings. The van der Waals surface area contributed by atoms with Crippen LogP contribution in [0.3, 0.4) is 0 Å². The number of ether oxygens (including phenoxy) is 1. The highest BCUT2D eigenvalue weighted by molar-refractivity contribution is 5.33. The van der Waals surface area contributed by atoms with Gasteiger partial charge in [-0.2, -0.15) is 0 Å². The Kier molecular flexibility index (Phi) is 3.39. The molecule has 2 rings (SSSR count). The lowest BCUT2D eigenvalue weighted by molar-refractivity contribution is 0.110. The van der Waals surface area contributed by atoms with Crippen LogP contribution in [0.5, 0.6) is 0 Å². The van der Waals surface area contributed by atoms with Crippen molar-refractivity contribution in [3.63, 3.8) is 0 Å². The van der Waals surface area contributed by atoms with Crippen molar-refractivity contribution in [2.75, 3.05) is 6.61 Å². The molecule has 1 aliphatic rings. The van der Waals surface area contributed by atoms with Gasteiger partial charge in [0.1, 0.15) is 0 Å². The van der Waals surface area contributed by atoms with Crippen LogP contribution in [0.2, 0.25) is 0 Å². The number of aryl methyl sites for hydroxylation is 1. The zero-order valence-electron chi connectivity index (χ0n) is 9.33. The molecule has 1 heterocycles. The van der Waals surface area contributed by atoms with Gasteiger partial charge in [-0.25, -0.2) is 0 Å². The summed E-state index contributed by atoms with van der Waals surface area (Å²) in [6.07, 6.45) is 3.21. The van der Waals surface area contributed by atoms with Gasteiger partial charge in [0.15, 0.2) is 0 Å². The average Bonchev–Trinajstić information content (AvgIpc) is 2.26. The number of benzene rings is 1. The highest BCUT2D eigenvalue weighted by Crippen LogP contribution is 2.19. The van der Waals surface area contributed by atoms with Crippen molar-refractivity contribution in [2.24, 2.45) is 5.73 Å². The van der Waals surface area contributed by atoms with E-state index >= 15 is 0 Å². The van der Waals surface area contributed by atoms with Crippen LogP contribution in [-0.4, -0.2) is 12.6 Å². The van der Waals surface area contributed by atoms with Crippen molar-refractivity contribution in [3.05, 3.63) is 34.9 Å². The first-order chi connectivity index (χ1) is 7.25. The Balaban J connectivity index is 2.07. The molecule has 1 aromatic carbocycles. The monoisotopic (exact) mass is 205 g/mol. The van der Waals surface area contributed by atoms with Gasteiger partial charge in [-0.15, -0.1) is 0 Å². The van der Waals surface area contributed by atoms with Gasteiger partial charge in [-0.05, 0) is 42.9 Å². The molecule has 1 aliphatic heterocycles. The summed E-state index contributed by atoms with van der Waals surface area (Å²) in [6.45, 7) is 3.71. The first-order valence-electron chi connectivity index (χ1n) is 5.69. The Hall–Kier alpha value is -0.860. The minimum Gasteiger partial charge on any atom is -0.376 e. The lowest BCUT2D eigenvalue weighted by atomic mass is 9.97. The molecular formula is C13H19NO. The van der Waals surface area contributed by atoms with E-state index in [1.54, 1.807) is 0 Å². The molecule has 15 heavy (non-hydrogen) atoms. The van der Waals surface area contributed by atoms with Gasteiger partial charge in [-0.1, -0.05) is 18.2 Å². The minimum atomic E-state index is 0.296. The molecular weight excluding hydrogens is 186 g/mol. The van der Waals surface area contributed by atoms with Gasteiger partial charge in [0.2, 0.25) is 0 Å². The Morgan fingerprint density at radius 1 is 1.40 bits per heavy atom. The molecule has 1 atom stereocenters.